The first-order chi connectivity index (χ1) is 23.0. The molecule has 1 aliphatic carbocycles. The smallest absolute Gasteiger partial charge is 0.326 e. The first-order valence-electron chi connectivity index (χ1n) is 15.2. The molecular weight excluding hydrogens is 622 g/mol. The molecule has 0 radical (unpaired) electrons. The van der Waals surface area contributed by atoms with Gasteiger partial charge in [0.1, 0.15) is 11.9 Å². The lowest BCUT2D eigenvalue weighted by Gasteiger charge is -2.30. The predicted molar refractivity (Wildman–Crippen MR) is 171 cm³/mol. The fourth-order valence-electron chi connectivity index (χ4n) is 5.84. The van der Waals surface area contributed by atoms with Crippen molar-refractivity contribution in [3.63, 3.8) is 0 Å². The van der Waals surface area contributed by atoms with E-state index in [1.165, 1.54) is 0 Å². The summed E-state index contributed by atoms with van der Waals surface area (Å²) in [4.78, 5) is 70.5. The SMILES string of the molecule is C#CCN(c1ccc(C(=O)N[C@@H](CCC(=O)N[C@H](CCC(=O)O)c2nn[nH]n2)C(=O)O)cc1)C1CCc2cc3nc(C)[nH]c(=O)c3cc21. The first-order valence-corrected chi connectivity index (χ1v) is 15.2. The number of aromatic nitrogens is 6. The van der Waals surface area contributed by atoms with E-state index >= 15 is 0 Å². The van der Waals surface area contributed by atoms with Crippen molar-refractivity contribution in [1.82, 2.24) is 41.2 Å². The summed E-state index contributed by atoms with van der Waals surface area (Å²) in [5.74, 6) is -0.312. The monoisotopic (exact) mass is 655 g/mol. The molecule has 2 heterocycles. The molecule has 1 unspecified atom stereocenters. The maximum atomic E-state index is 13.1. The third kappa shape index (κ3) is 7.64. The number of terminal acetylenes is 1. The van der Waals surface area contributed by atoms with Gasteiger partial charge in [0, 0.05) is 24.1 Å². The van der Waals surface area contributed by atoms with Crippen molar-refractivity contribution in [1.29, 1.82) is 0 Å². The Hall–Kier alpha value is -6.11. The molecule has 5 rings (SSSR count). The number of aliphatic carboxylic acids is 2. The third-order valence-electron chi connectivity index (χ3n) is 8.15. The Morgan fingerprint density at radius 3 is 2.54 bits per heavy atom. The topological polar surface area (TPSA) is 236 Å². The molecule has 0 saturated heterocycles. The number of H-pyrrole nitrogens is 2. The highest BCUT2D eigenvalue weighted by Gasteiger charge is 2.30. The maximum absolute atomic E-state index is 13.1. The van der Waals surface area contributed by atoms with Crippen LogP contribution in [-0.4, -0.2) is 77.1 Å². The largest absolute Gasteiger partial charge is 0.481 e. The number of carboxylic acid groups (broad SMARTS) is 2. The highest BCUT2D eigenvalue weighted by Crippen LogP contribution is 2.39. The average molecular weight is 656 g/mol. The molecule has 1 aliphatic rings. The van der Waals surface area contributed by atoms with Gasteiger partial charge in [0.15, 0.2) is 5.82 Å². The zero-order valence-corrected chi connectivity index (χ0v) is 25.9. The van der Waals surface area contributed by atoms with Gasteiger partial charge in [-0.15, -0.1) is 16.6 Å². The molecule has 2 aromatic heterocycles. The molecule has 2 amide bonds. The van der Waals surface area contributed by atoms with E-state index in [0.717, 1.165) is 29.7 Å². The maximum Gasteiger partial charge on any atom is 0.326 e. The number of benzene rings is 2. The Morgan fingerprint density at radius 2 is 1.88 bits per heavy atom. The molecule has 0 saturated carbocycles. The van der Waals surface area contributed by atoms with E-state index < -0.39 is 35.8 Å². The molecule has 16 heteroatoms. The van der Waals surface area contributed by atoms with E-state index in [-0.39, 0.29) is 55.2 Å². The molecule has 16 nitrogen and oxygen atoms in total. The lowest BCUT2D eigenvalue weighted by atomic mass is 10.0. The lowest BCUT2D eigenvalue weighted by molar-refractivity contribution is -0.140. The number of aryl methyl sites for hydroxylation is 2. The quantitative estimate of drug-likeness (QED) is 0.106. The highest BCUT2D eigenvalue weighted by atomic mass is 16.4. The molecule has 48 heavy (non-hydrogen) atoms. The minimum Gasteiger partial charge on any atom is -0.481 e. The molecule has 0 bridgehead atoms. The summed E-state index contributed by atoms with van der Waals surface area (Å²) in [5.41, 5.74) is 3.43. The summed E-state index contributed by atoms with van der Waals surface area (Å²) < 4.78 is 0. The number of aromatic amines is 2. The van der Waals surface area contributed by atoms with Crippen molar-refractivity contribution in [3.05, 3.63) is 75.1 Å². The Bertz CT molecular complexity index is 1930. The zero-order valence-electron chi connectivity index (χ0n) is 25.9. The lowest BCUT2D eigenvalue weighted by Crippen LogP contribution is -2.42. The van der Waals surface area contributed by atoms with Crippen molar-refractivity contribution < 1.29 is 29.4 Å². The fraction of sp³-hybridized carbons (Fsp3) is 0.344. The van der Waals surface area contributed by atoms with Gasteiger partial charge in [-0.1, -0.05) is 11.1 Å². The Balaban J connectivity index is 1.24. The van der Waals surface area contributed by atoms with Crippen LogP contribution in [0.2, 0.25) is 0 Å². The number of anilines is 1. The van der Waals surface area contributed by atoms with Gasteiger partial charge in [0.2, 0.25) is 5.91 Å². The molecule has 248 valence electrons. The van der Waals surface area contributed by atoms with Crippen LogP contribution in [-0.2, 0) is 20.8 Å². The van der Waals surface area contributed by atoms with Crippen LogP contribution in [0.3, 0.4) is 0 Å². The Labute approximate surface area is 273 Å². The first kappa shape index (κ1) is 33.3. The number of hydrogen-bond acceptors (Lipinski definition) is 10. The van der Waals surface area contributed by atoms with Crippen LogP contribution in [0.15, 0.2) is 41.2 Å². The minimum atomic E-state index is -1.38. The van der Waals surface area contributed by atoms with E-state index in [1.54, 1.807) is 31.2 Å². The van der Waals surface area contributed by atoms with E-state index in [9.17, 15) is 29.1 Å². The summed E-state index contributed by atoms with van der Waals surface area (Å²) in [6.45, 7) is 2.00. The van der Waals surface area contributed by atoms with E-state index in [4.69, 9.17) is 11.5 Å². The molecule has 0 spiro atoms. The van der Waals surface area contributed by atoms with Crippen LogP contribution < -0.4 is 21.1 Å². The van der Waals surface area contributed by atoms with Gasteiger partial charge >= 0.3 is 11.9 Å². The number of carbonyl (C=O) groups is 4. The van der Waals surface area contributed by atoms with E-state index in [2.05, 4.69) is 47.1 Å². The third-order valence-corrected chi connectivity index (χ3v) is 8.15. The molecule has 0 aliphatic heterocycles. The van der Waals surface area contributed by atoms with Crippen molar-refractivity contribution >= 4 is 40.3 Å². The van der Waals surface area contributed by atoms with Gasteiger partial charge in [-0.2, -0.15) is 5.21 Å². The number of amides is 2. The molecule has 6 N–H and O–H groups in total. The minimum absolute atomic E-state index is 0.00432. The van der Waals surface area contributed by atoms with Crippen LogP contribution in [0, 0.1) is 19.3 Å². The predicted octanol–water partition coefficient (Wildman–Crippen LogP) is 1.56. The van der Waals surface area contributed by atoms with E-state index in [1.807, 2.05) is 17.0 Å². The molecule has 0 fully saturated rings. The van der Waals surface area contributed by atoms with Crippen molar-refractivity contribution in [2.75, 3.05) is 11.4 Å². The summed E-state index contributed by atoms with van der Waals surface area (Å²) in [5, 5.41) is 37.5. The van der Waals surface area contributed by atoms with Crippen molar-refractivity contribution in [2.45, 2.75) is 63.6 Å². The van der Waals surface area contributed by atoms with Crippen LogP contribution in [0.1, 0.15) is 77.3 Å². The van der Waals surface area contributed by atoms with Crippen LogP contribution >= 0.6 is 0 Å². The summed E-state index contributed by atoms with van der Waals surface area (Å²) in [7, 11) is 0. The number of fused-ring (bicyclic) bond motifs is 2. The van der Waals surface area contributed by atoms with Gasteiger partial charge in [0.05, 0.1) is 29.5 Å². The van der Waals surface area contributed by atoms with Crippen LogP contribution in [0.4, 0.5) is 5.69 Å². The number of nitrogens with one attached hydrogen (secondary N) is 4. The second-order valence-electron chi connectivity index (χ2n) is 11.4. The van der Waals surface area contributed by atoms with Gasteiger partial charge in [-0.25, -0.2) is 9.78 Å². The Kier molecular flexibility index (Phi) is 10.1. The average Bonchev–Trinajstić information content (AvgIpc) is 3.73. The second kappa shape index (κ2) is 14.5. The highest BCUT2D eigenvalue weighted by molar-refractivity contribution is 5.97. The number of rotatable bonds is 14. The fourth-order valence-corrected chi connectivity index (χ4v) is 5.84. The van der Waals surface area contributed by atoms with E-state index in [0.29, 0.717) is 16.7 Å². The van der Waals surface area contributed by atoms with Crippen molar-refractivity contribution in [3.8, 4) is 12.3 Å². The second-order valence-corrected chi connectivity index (χ2v) is 11.4. The number of carbonyl (C=O) groups excluding carboxylic acids is 2. The number of carboxylic acids is 2. The standard InChI is InChI=1S/C32H33N9O7/c1-3-14-41(26-11-6-19-15-25-22(16-21(19)26)31(46)34-17(2)33-25)20-7-4-18(5-8-20)30(45)36-24(32(47)48)9-12-27(42)35-23(10-13-28(43)44)29-37-39-40-38-29/h1,4-5,7-8,15-16,23-24,26H,6,9-14H2,2H3,(H,35,42)(H,36,45)(H,43,44)(H,47,48)(H,33,34,46)(H,37,38,39,40)/t23-,24+,26?/m1/s1. The molecule has 3 atom stereocenters. The normalized spacial score (nSPS) is 14.8. The van der Waals surface area contributed by atoms with Crippen molar-refractivity contribution in [2.24, 2.45) is 0 Å². The molecular formula is C32H33N9O7. The van der Waals surface area contributed by atoms with Gasteiger partial charge < -0.3 is 30.7 Å². The number of hydrogen-bond donors (Lipinski definition) is 6. The van der Waals surface area contributed by atoms with Crippen LogP contribution in [0.25, 0.3) is 10.9 Å². The summed E-state index contributed by atoms with van der Waals surface area (Å²) in [6.07, 6.45) is 6.49. The van der Waals surface area contributed by atoms with Gasteiger partial charge in [-0.3, -0.25) is 19.2 Å². The van der Waals surface area contributed by atoms with Gasteiger partial charge in [-0.05, 0) is 80.1 Å². The number of nitrogens with zero attached hydrogens (tertiary/aromatic N) is 5. The Morgan fingerprint density at radius 1 is 1.10 bits per heavy atom. The molecule has 4 aromatic rings. The van der Waals surface area contributed by atoms with Crippen LogP contribution in [0.5, 0.6) is 0 Å². The zero-order chi connectivity index (χ0) is 34.4. The van der Waals surface area contributed by atoms with Gasteiger partial charge in [0.25, 0.3) is 11.5 Å². The molecule has 2 aromatic carbocycles. The summed E-state index contributed by atoms with van der Waals surface area (Å²) in [6, 6.07) is 8.04. The summed E-state index contributed by atoms with van der Waals surface area (Å²) >= 11 is 0. The number of tetrazole rings is 1.